The summed E-state index contributed by atoms with van der Waals surface area (Å²) in [5.74, 6) is 0.633. The van der Waals surface area contributed by atoms with E-state index < -0.39 is 0 Å². The highest BCUT2D eigenvalue weighted by molar-refractivity contribution is 7.18. The second-order valence-corrected chi connectivity index (χ2v) is 7.28. The van der Waals surface area contributed by atoms with Crippen LogP contribution in [-0.2, 0) is 17.8 Å². The summed E-state index contributed by atoms with van der Waals surface area (Å²) in [4.78, 5) is 31.5. The summed E-state index contributed by atoms with van der Waals surface area (Å²) < 4.78 is 6.59. The van der Waals surface area contributed by atoms with Gasteiger partial charge >= 0.3 is 0 Å². The maximum absolute atomic E-state index is 12.7. The van der Waals surface area contributed by atoms with Gasteiger partial charge in [-0.15, -0.1) is 11.3 Å². The van der Waals surface area contributed by atoms with Gasteiger partial charge < -0.3 is 10.1 Å². The number of nitrogens with one attached hydrogen (secondary N) is 1. The molecule has 1 amide bonds. The Bertz CT molecular complexity index is 1040. The lowest BCUT2D eigenvalue weighted by atomic mass is 10.3. The molecule has 0 unspecified atom stereocenters. The highest BCUT2D eigenvalue weighted by Gasteiger charge is 2.15. The minimum Gasteiger partial charge on any atom is -0.495 e. The summed E-state index contributed by atoms with van der Waals surface area (Å²) in [6, 6.07) is 6.79. The van der Waals surface area contributed by atoms with E-state index in [1.807, 2.05) is 13.0 Å². The zero-order valence-corrected chi connectivity index (χ0v) is 16.2. The number of benzene rings is 1. The maximum Gasteiger partial charge on any atom is 0.262 e. The topological polar surface area (TPSA) is 73.2 Å². The second kappa shape index (κ2) is 7.47. The number of aryl methyl sites for hydroxylation is 2. The van der Waals surface area contributed by atoms with Gasteiger partial charge in [-0.2, -0.15) is 0 Å². The predicted molar refractivity (Wildman–Crippen MR) is 105 cm³/mol. The molecule has 3 rings (SSSR count). The van der Waals surface area contributed by atoms with Crippen molar-refractivity contribution < 1.29 is 9.53 Å². The first-order valence-corrected chi connectivity index (χ1v) is 9.25. The minimum atomic E-state index is -0.358. The Morgan fingerprint density at radius 1 is 1.38 bits per heavy atom. The number of hydrogen-bond acceptors (Lipinski definition) is 5. The van der Waals surface area contributed by atoms with Gasteiger partial charge in [-0.05, 0) is 37.6 Å². The van der Waals surface area contributed by atoms with Gasteiger partial charge in [-0.3, -0.25) is 14.2 Å². The molecule has 2 aromatic heterocycles. The van der Waals surface area contributed by atoms with Crippen LogP contribution in [-0.4, -0.2) is 22.6 Å². The van der Waals surface area contributed by atoms with E-state index >= 15 is 0 Å². The van der Waals surface area contributed by atoms with E-state index in [1.165, 1.54) is 23.0 Å². The molecule has 0 fully saturated rings. The quantitative estimate of drug-likeness (QED) is 0.720. The summed E-state index contributed by atoms with van der Waals surface area (Å²) in [5, 5.41) is 3.76. The molecule has 0 aliphatic carbocycles. The number of anilines is 1. The van der Waals surface area contributed by atoms with Crippen molar-refractivity contribution in [3.05, 3.63) is 50.3 Å². The van der Waals surface area contributed by atoms with Gasteiger partial charge in [0, 0.05) is 9.90 Å². The first-order valence-electron chi connectivity index (χ1n) is 8.06. The molecule has 0 spiro atoms. The fourth-order valence-electron chi connectivity index (χ4n) is 2.64. The number of hydrogen-bond donors (Lipinski definition) is 1. The molecule has 0 saturated heterocycles. The van der Waals surface area contributed by atoms with Crippen molar-refractivity contribution in [2.45, 2.75) is 26.8 Å². The average molecular weight is 392 g/mol. The number of methoxy groups -OCH3 is 1. The number of rotatable bonds is 5. The summed E-state index contributed by atoms with van der Waals surface area (Å²) in [6.07, 6.45) is 0.842. The molecule has 1 N–H and O–H groups in total. The van der Waals surface area contributed by atoms with Crippen molar-refractivity contribution in [2.75, 3.05) is 12.4 Å². The van der Waals surface area contributed by atoms with Crippen LogP contribution in [0.2, 0.25) is 5.02 Å². The lowest BCUT2D eigenvalue weighted by molar-refractivity contribution is -0.116. The van der Waals surface area contributed by atoms with E-state index in [2.05, 4.69) is 10.3 Å². The van der Waals surface area contributed by atoms with Crippen LogP contribution in [0.3, 0.4) is 0 Å². The molecule has 0 aliphatic heterocycles. The molecule has 26 heavy (non-hydrogen) atoms. The van der Waals surface area contributed by atoms with Crippen LogP contribution in [0.5, 0.6) is 5.75 Å². The molecule has 0 bridgehead atoms. The third kappa shape index (κ3) is 3.59. The number of nitrogens with zero attached hydrogens (tertiary/aromatic N) is 2. The van der Waals surface area contributed by atoms with Crippen LogP contribution >= 0.6 is 22.9 Å². The van der Waals surface area contributed by atoms with E-state index in [4.69, 9.17) is 16.3 Å². The van der Waals surface area contributed by atoms with E-state index in [9.17, 15) is 9.59 Å². The van der Waals surface area contributed by atoms with Crippen molar-refractivity contribution in [1.82, 2.24) is 9.55 Å². The number of carbonyl (C=O) groups excluding carboxylic acids is 1. The average Bonchev–Trinajstić information content (AvgIpc) is 3.02. The van der Waals surface area contributed by atoms with Gasteiger partial charge in [0.1, 0.15) is 22.9 Å². The van der Waals surface area contributed by atoms with Gasteiger partial charge in [0.05, 0.1) is 18.2 Å². The smallest absolute Gasteiger partial charge is 0.262 e. The molecule has 0 aliphatic rings. The molecule has 6 nitrogen and oxygen atoms in total. The molecule has 0 atom stereocenters. The number of fused-ring (bicyclic) bond motifs is 1. The van der Waals surface area contributed by atoms with Crippen molar-refractivity contribution in [3.63, 3.8) is 0 Å². The van der Waals surface area contributed by atoms with E-state index in [1.54, 1.807) is 25.1 Å². The molecule has 8 heteroatoms. The van der Waals surface area contributed by atoms with Gasteiger partial charge in [0.15, 0.2) is 0 Å². The van der Waals surface area contributed by atoms with Crippen molar-refractivity contribution in [1.29, 1.82) is 0 Å². The Morgan fingerprint density at radius 3 is 2.85 bits per heavy atom. The standard InChI is InChI=1S/C18H18ClN3O3S/c1-4-12-8-13-17(26-12)20-10(2)22(18(13)24)9-16(23)21-14-7-11(19)5-6-15(14)25-3/h5-8H,4,9H2,1-3H3,(H,21,23). The summed E-state index contributed by atoms with van der Waals surface area (Å²) >= 11 is 7.48. The van der Waals surface area contributed by atoms with E-state index in [0.717, 1.165) is 11.3 Å². The number of halogens is 1. The van der Waals surface area contributed by atoms with Crippen molar-refractivity contribution >= 4 is 44.7 Å². The lowest BCUT2D eigenvalue weighted by Crippen LogP contribution is -2.30. The van der Waals surface area contributed by atoms with Crippen LogP contribution in [0, 0.1) is 6.92 Å². The van der Waals surface area contributed by atoms with Gasteiger partial charge in [-0.1, -0.05) is 18.5 Å². The van der Waals surface area contributed by atoms with E-state index in [0.29, 0.717) is 32.5 Å². The van der Waals surface area contributed by atoms with Crippen LogP contribution < -0.4 is 15.6 Å². The molecule has 136 valence electrons. The number of carbonyl (C=O) groups is 1. The fraction of sp³-hybridized carbons (Fsp3) is 0.278. The third-order valence-electron chi connectivity index (χ3n) is 3.98. The van der Waals surface area contributed by atoms with Gasteiger partial charge in [0.2, 0.25) is 5.91 Å². The highest BCUT2D eigenvalue weighted by Crippen LogP contribution is 2.27. The SMILES string of the molecule is CCc1cc2c(=O)n(CC(=O)Nc3cc(Cl)ccc3OC)c(C)nc2s1. The van der Waals surface area contributed by atoms with Crippen LogP contribution in [0.15, 0.2) is 29.1 Å². The number of thiophene rings is 1. The Hall–Kier alpha value is -2.38. The Kier molecular flexibility index (Phi) is 5.29. The van der Waals surface area contributed by atoms with Gasteiger partial charge in [0.25, 0.3) is 5.56 Å². The second-order valence-electron chi connectivity index (χ2n) is 5.73. The highest BCUT2D eigenvalue weighted by atomic mass is 35.5. The first-order chi connectivity index (χ1) is 12.4. The zero-order chi connectivity index (χ0) is 18.8. The Labute approximate surface area is 159 Å². The van der Waals surface area contributed by atoms with Crippen molar-refractivity contribution in [2.24, 2.45) is 0 Å². The first kappa shape index (κ1) is 18.4. The zero-order valence-electron chi connectivity index (χ0n) is 14.6. The molecule has 2 heterocycles. The van der Waals surface area contributed by atoms with Gasteiger partial charge in [-0.25, -0.2) is 4.98 Å². The van der Waals surface area contributed by atoms with Crippen LogP contribution in [0.25, 0.3) is 10.2 Å². The van der Waals surface area contributed by atoms with Crippen LogP contribution in [0.4, 0.5) is 5.69 Å². The normalized spacial score (nSPS) is 10.9. The fourth-order valence-corrected chi connectivity index (χ4v) is 3.81. The third-order valence-corrected chi connectivity index (χ3v) is 5.39. The summed E-state index contributed by atoms with van der Waals surface area (Å²) in [6.45, 7) is 3.61. The predicted octanol–water partition coefficient (Wildman–Crippen LogP) is 3.63. The number of aromatic nitrogens is 2. The molecule has 3 aromatic rings. The molecule has 0 radical (unpaired) electrons. The minimum absolute atomic E-state index is 0.138. The molecular weight excluding hydrogens is 374 g/mol. The van der Waals surface area contributed by atoms with E-state index in [-0.39, 0.29) is 18.0 Å². The maximum atomic E-state index is 12.7. The Balaban J connectivity index is 1.90. The largest absolute Gasteiger partial charge is 0.495 e. The lowest BCUT2D eigenvalue weighted by Gasteiger charge is -2.12. The summed E-state index contributed by atoms with van der Waals surface area (Å²) in [7, 11) is 1.51. The summed E-state index contributed by atoms with van der Waals surface area (Å²) in [5.41, 5.74) is 0.241. The monoisotopic (exact) mass is 391 g/mol. The number of ether oxygens (including phenoxy) is 1. The molecular formula is C18H18ClN3O3S. The molecule has 0 saturated carbocycles. The Morgan fingerprint density at radius 2 is 2.15 bits per heavy atom. The molecule has 1 aromatic carbocycles. The number of amides is 1. The van der Waals surface area contributed by atoms with Crippen molar-refractivity contribution in [3.8, 4) is 5.75 Å². The van der Waals surface area contributed by atoms with Crippen LogP contribution in [0.1, 0.15) is 17.6 Å².